The summed E-state index contributed by atoms with van der Waals surface area (Å²) in [5.41, 5.74) is 2.98. The molecule has 0 spiro atoms. The molecule has 2 heterocycles. The minimum Gasteiger partial charge on any atom is -0.550 e. The molecule has 2 N–H and O–H groups in total. The number of hydrogen-bond donors (Lipinski definition) is 2. The largest absolute Gasteiger partial charge is 1.00 e. The second-order valence-electron chi connectivity index (χ2n) is 6.15. The van der Waals surface area contributed by atoms with Gasteiger partial charge in [-0.25, -0.2) is 4.98 Å². The minimum atomic E-state index is -1.04. The Morgan fingerprint density at radius 2 is 2.15 bits per heavy atom. The van der Waals surface area contributed by atoms with Gasteiger partial charge < -0.3 is 24.9 Å². The Morgan fingerprint density at radius 1 is 1.30 bits per heavy atom. The first kappa shape index (κ1) is 21.3. The van der Waals surface area contributed by atoms with Crippen LogP contribution < -0.4 is 44.7 Å². The van der Waals surface area contributed by atoms with Crippen LogP contribution in [0.1, 0.15) is 24.1 Å². The zero-order valence-electron chi connectivity index (χ0n) is 15.7. The first-order chi connectivity index (χ1) is 12.6. The second-order valence-corrected chi connectivity index (χ2v) is 6.15. The summed E-state index contributed by atoms with van der Waals surface area (Å²) >= 11 is 0. The molecule has 27 heavy (non-hydrogen) atoms. The van der Waals surface area contributed by atoms with Crippen LogP contribution in [0, 0.1) is 6.92 Å². The molecule has 6 nitrogen and oxygen atoms in total. The summed E-state index contributed by atoms with van der Waals surface area (Å²) < 4.78 is 5.84. The standard InChI is InChI=1S/C20H23N3O3.Na/c1-14-16(7-9-20(24)25)17-13-15(6-8-18(17)23-14)26-12-4-11-22-19-5-2-3-10-21-19;/h2-3,5-6,8,10,13,23H,4,7,9,11-12H2,1H3,(H,21,22)(H,24,25);/q;+1/p-1. The van der Waals surface area contributed by atoms with E-state index in [0.29, 0.717) is 13.0 Å². The molecular formula is C20H22N3NaO3. The average molecular weight is 375 g/mol. The van der Waals surface area contributed by atoms with Gasteiger partial charge in [0, 0.05) is 35.3 Å². The molecule has 0 atom stereocenters. The molecule has 3 rings (SSSR count). The number of carbonyl (C=O) groups is 1. The number of aliphatic carboxylic acids is 1. The summed E-state index contributed by atoms with van der Waals surface area (Å²) in [4.78, 5) is 18.3. The van der Waals surface area contributed by atoms with Crippen molar-refractivity contribution in [1.82, 2.24) is 9.97 Å². The van der Waals surface area contributed by atoms with Crippen LogP contribution in [0.5, 0.6) is 5.75 Å². The van der Waals surface area contributed by atoms with E-state index in [0.717, 1.165) is 46.7 Å². The number of aryl methyl sites for hydroxylation is 2. The smallest absolute Gasteiger partial charge is 0.550 e. The first-order valence-corrected chi connectivity index (χ1v) is 8.72. The summed E-state index contributed by atoms with van der Waals surface area (Å²) in [5.74, 6) is 0.602. The molecule has 3 aromatic rings. The van der Waals surface area contributed by atoms with Crippen molar-refractivity contribution in [2.75, 3.05) is 18.5 Å². The number of rotatable bonds is 9. The van der Waals surface area contributed by atoms with Gasteiger partial charge in [-0.05, 0) is 62.1 Å². The SMILES string of the molecule is Cc1[nH]c2ccc(OCCCNc3ccccn3)cc2c1CCC(=O)[O-].[Na+]. The topological polar surface area (TPSA) is 90.1 Å². The first-order valence-electron chi connectivity index (χ1n) is 8.72. The molecule has 1 aromatic carbocycles. The molecule has 0 aliphatic rings. The van der Waals surface area contributed by atoms with Crippen molar-refractivity contribution in [3.05, 3.63) is 53.9 Å². The van der Waals surface area contributed by atoms with Crippen molar-refractivity contribution < 1.29 is 44.2 Å². The van der Waals surface area contributed by atoms with Gasteiger partial charge in [0.2, 0.25) is 0 Å². The van der Waals surface area contributed by atoms with Crippen LogP contribution in [0.2, 0.25) is 0 Å². The van der Waals surface area contributed by atoms with Gasteiger partial charge in [0.25, 0.3) is 0 Å². The van der Waals surface area contributed by atoms with Gasteiger partial charge in [0.15, 0.2) is 0 Å². The summed E-state index contributed by atoms with van der Waals surface area (Å²) in [6.45, 7) is 3.32. The Bertz CT molecular complexity index is 881. The molecule has 0 unspecified atom stereocenters. The molecule has 136 valence electrons. The molecule has 0 aliphatic carbocycles. The van der Waals surface area contributed by atoms with E-state index in [4.69, 9.17) is 4.74 Å². The molecule has 0 aliphatic heterocycles. The van der Waals surface area contributed by atoms with E-state index in [9.17, 15) is 9.90 Å². The number of carboxylic acids is 1. The number of ether oxygens (including phenoxy) is 1. The van der Waals surface area contributed by atoms with Gasteiger partial charge in [-0.3, -0.25) is 0 Å². The van der Waals surface area contributed by atoms with Crippen molar-refractivity contribution in [3.8, 4) is 5.75 Å². The van der Waals surface area contributed by atoms with E-state index in [-0.39, 0.29) is 36.0 Å². The number of carboxylic acid groups (broad SMARTS) is 1. The Labute approximate surface area is 180 Å². The van der Waals surface area contributed by atoms with E-state index in [1.807, 2.05) is 43.3 Å². The number of aromatic amines is 1. The molecule has 0 amide bonds. The molecule has 0 fully saturated rings. The molecule has 2 aromatic heterocycles. The number of anilines is 1. The Balaban J connectivity index is 0.00000261. The number of hydrogen-bond acceptors (Lipinski definition) is 5. The normalized spacial score (nSPS) is 10.4. The van der Waals surface area contributed by atoms with E-state index in [2.05, 4.69) is 15.3 Å². The summed E-state index contributed by atoms with van der Waals surface area (Å²) in [5, 5.41) is 15.0. The molecule has 0 saturated heterocycles. The monoisotopic (exact) mass is 375 g/mol. The Hall–Kier alpha value is -2.02. The Kier molecular flexibility index (Phi) is 8.16. The van der Waals surface area contributed by atoms with Crippen LogP contribution in [0.25, 0.3) is 10.9 Å². The molecule has 0 saturated carbocycles. The van der Waals surface area contributed by atoms with Gasteiger partial charge in [-0.2, -0.15) is 0 Å². The van der Waals surface area contributed by atoms with Gasteiger partial charge in [0.1, 0.15) is 11.6 Å². The zero-order chi connectivity index (χ0) is 18.4. The van der Waals surface area contributed by atoms with Gasteiger partial charge >= 0.3 is 29.6 Å². The average Bonchev–Trinajstić information content (AvgIpc) is 2.95. The molecule has 0 bridgehead atoms. The summed E-state index contributed by atoms with van der Waals surface area (Å²) in [7, 11) is 0. The van der Waals surface area contributed by atoms with Gasteiger partial charge in [-0.1, -0.05) is 6.07 Å². The molecule has 0 radical (unpaired) electrons. The van der Waals surface area contributed by atoms with Crippen molar-refractivity contribution in [2.24, 2.45) is 0 Å². The van der Waals surface area contributed by atoms with Crippen molar-refractivity contribution in [1.29, 1.82) is 0 Å². The predicted octanol–water partition coefficient (Wildman–Crippen LogP) is -0.561. The molecular weight excluding hydrogens is 353 g/mol. The number of benzene rings is 1. The van der Waals surface area contributed by atoms with E-state index < -0.39 is 5.97 Å². The third-order valence-electron chi connectivity index (χ3n) is 4.23. The number of aromatic nitrogens is 2. The molecule has 7 heteroatoms. The number of H-pyrrole nitrogens is 1. The predicted molar refractivity (Wildman–Crippen MR) is 99.2 cm³/mol. The van der Waals surface area contributed by atoms with Gasteiger partial charge in [0.05, 0.1) is 6.61 Å². The number of nitrogens with zero attached hydrogens (tertiary/aromatic N) is 1. The van der Waals surface area contributed by atoms with E-state index >= 15 is 0 Å². The number of nitrogens with one attached hydrogen (secondary N) is 2. The number of fused-ring (bicyclic) bond motifs is 1. The van der Waals surface area contributed by atoms with Crippen molar-refractivity contribution >= 4 is 22.7 Å². The zero-order valence-corrected chi connectivity index (χ0v) is 17.7. The maximum atomic E-state index is 10.8. The van der Waals surface area contributed by atoms with E-state index in [1.165, 1.54) is 0 Å². The summed E-state index contributed by atoms with van der Waals surface area (Å²) in [6, 6.07) is 11.6. The van der Waals surface area contributed by atoms with Crippen molar-refractivity contribution in [2.45, 2.75) is 26.2 Å². The third-order valence-corrected chi connectivity index (χ3v) is 4.23. The van der Waals surface area contributed by atoms with E-state index in [1.54, 1.807) is 6.20 Å². The maximum Gasteiger partial charge on any atom is 1.00 e. The number of carbonyl (C=O) groups excluding carboxylic acids is 1. The fourth-order valence-electron chi connectivity index (χ4n) is 2.95. The quantitative estimate of drug-likeness (QED) is 0.387. The fourth-order valence-corrected chi connectivity index (χ4v) is 2.95. The van der Waals surface area contributed by atoms with Crippen molar-refractivity contribution in [3.63, 3.8) is 0 Å². The summed E-state index contributed by atoms with van der Waals surface area (Å²) in [6.07, 6.45) is 3.06. The van der Waals surface area contributed by atoms with Crippen LogP contribution in [0.4, 0.5) is 5.82 Å². The van der Waals surface area contributed by atoms with Crippen LogP contribution >= 0.6 is 0 Å². The minimum absolute atomic E-state index is 0. The maximum absolute atomic E-state index is 10.8. The number of pyridine rings is 1. The van der Waals surface area contributed by atoms with Gasteiger partial charge in [-0.15, -0.1) is 0 Å². The van der Waals surface area contributed by atoms with Crippen LogP contribution in [-0.4, -0.2) is 29.1 Å². The second kappa shape index (κ2) is 10.3. The van der Waals surface area contributed by atoms with Crippen LogP contribution in [-0.2, 0) is 11.2 Å². The fraction of sp³-hybridized carbons (Fsp3) is 0.300. The Morgan fingerprint density at radius 3 is 2.89 bits per heavy atom. The third kappa shape index (κ3) is 5.99. The van der Waals surface area contributed by atoms with Crippen LogP contribution in [0.3, 0.4) is 0 Å². The van der Waals surface area contributed by atoms with Crippen LogP contribution in [0.15, 0.2) is 42.6 Å².